The molecule has 11 heteroatoms. The first-order valence-corrected chi connectivity index (χ1v) is 12.5. The van der Waals surface area contributed by atoms with Crippen molar-refractivity contribution in [1.82, 2.24) is 0 Å². The van der Waals surface area contributed by atoms with E-state index in [9.17, 15) is 18.8 Å². The second-order valence-corrected chi connectivity index (χ2v) is 10.9. The van der Waals surface area contributed by atoms with E-state index in [1.54, 1.807) is 37.3 Å². The number of amides is 3. The molecule has 192 valence electrons. The Labute approximate surface area is 232 Å². The second kappa shape index (κ2) is 10.5. The minimum Gasteiger partial charge on any atom is -0.326 e. The molecule has 0 aromatic heterocycles. The zero-order valence-electron chi connectivity index (χ0n) is 19.5. The van der Waals surface area contributed by atoms with Gasteiger partial charge in [-0.2, -0.15) is 0 Å². The van der Waals surface area contributed by atoms with Crippen LogP contribution in [0.5, 0.6) is 0 Å². The molecule has 0 spiro atoms. The fourth-order valence-corrected chi connectivity index (χ4v) is 5.25. The van der Waals surface area contributed by atoms with Crippen molar-refractivity contribution in [2.75, 3.05) is 16.0 Å². The van der Waals surface area contributed by atoms with Crippen molar-refractivity contribution in [1.29, 1.82) is 0 Å². The minimum atomic E-state index is -1.41. The first kappa shape index (κ1) is 27.2. The Balaban J connectivity index is 1.50. The number of hydrogen-bond acceptors (Lipinski definition) is 3. The summed E-state index contributed by atoms with van der Waals surface area (Å²) in [5.74, 6) is -3.19. The number of halogens is 5. The molecule has 3 amide bonds. The molecule has 37 heavy (non-hydrogen) atoms. The lowest BCUT2D eigenvalue weighted by Gasteiger charge is -2.13. The van der Waals surface area contributed by atoms with Crippen LogP contribution in [-0.2, 0) is 9.59 Å². The highest BCUT2D eigenvalue weighted by molar-refractivity contribution is 6.53. The molecule has 3 aromatic carbocycles. The van der Waals surface area contributed by atoms with E-state index in [1.807, 2.05) is 0 Å². The van der Waals surface area contributed by atoms with Crippen LogP contribution in [0, 0.1) is 18.7 Å². The van der Waals surface area contributed by atoms with Gasteiger partial charge in [0.05, 0.1) is 21.5 Å². The molecule has 1 aliphatic carbocycles. The van der Waals surface area contributed by atoms with Crippen molar-refractivity contribution in [3.05, 3.63) is 87.2 Å². The third-order valence-corrected chi connectivity index (χ3v) is 7.60. The summed E-state index contributed by atoms with van der Waals surface area (Å²) >= 11 is 25.0. The average Bonchev–Trinajstić information content (AvgIpc) is 3.40. The van der Waals surface area contributed by atoms with E-state index in [1.165, 1.54) is 31.2 Å². The van der Waals surface area contributed by atoms with Gasteiger partial charge in [0.2, 0.25) is 11.8 Å². The molecule has 1 aliphatic rings. The molecule has 1 fully saturated rings. The first-order valence-electron chi connectivity index (χ1n) is 11.0. The zero-order chi connectivity index (χ0) is 27.1. The third-order valence-electron chi connectivity index (χ3n) is 5.87. The summed E-state index contributed by atoms with van der Waals surface area (Å²) < 4.78 is 12.2. The maximum absolute atomic E-state index is 13.6. The number of carbonyl (C=O) groups excluding carboxylic acids is 3. The van der Waals surface area contributed by atoms with Crippen LogP contribution < -0.4 is 16.0 Å². The maximum atomic E-state index is 13.6. The highest BCUT2D eigenvalue weighted by atomic mass is 35.5. The van der Waals surface area contributed by atoms with Crippen LogP contribution in [0.4, 0.5) is 21.5 Å². The number of aryl methyl sites for hydroxylation is 1. The van der Waals surface area contributed by atoms with Gasteiger partial charge in [-0.1, -0.05) is 29.3 Å². The van der Waals surface area contributed by atoms with Crippen LogP contribution >= 0.6 is 46.4 Å². The predicted octanol–water partition coefficient (Wildman–Crippen LogP) is 7.18. The average molecular weight is 583 g/mol. The van der Waals surface area contributed by atoms with E-state index in [0.29, 0.717) is 28.2 Å². The Kier molecular flexibility index (Phi) is 7.72. The van der Waals surface area contributed by atoms with Crippen LogP contribution in [-0.4, -0.2) is 22.1 Å². The minimum absolute atomic E-state index is 0.0959. The molecule has 3 aromatic rings. The van der Waals surface area contributed by atoms with E-state index >= 15 is 0 Å². The van der Waals surface area contributed by atoms with Crippen LogP contribution in [0.25, 0.3) is 0 Å². The van der Waals surface area contributed by atoms with Gasteiger partial charge in [-0.3, -0.25) is 14.4 Å². The van der Waals surface area contributed by atoms with Gasteiger partial charge >= 0.3 is 0 Å². The van der Waals surface area contributed by atoms with Gasteiger partial charge in [0.15, 0.2) is 0 Å². The van der Waals surface area contributed by atoms with Gasteiger partial charge in [-0.25, -0.2) is 4.39 Å². The summed E-state index contributed by atoms with van der Waals surface area (Å²) in [5.41, 5.74) is 2.63. The van der Waals surface area contributed by atoms with E-state index in [2.05, 4.69) is 16.0 Å². The summed E-state index contributed by atoms with van der Waals surface area (Å²) in [6, 6.07) is 13.7. The predicted molar refractivity (Wildman–Crippen MR) is 146 cm³/mol. The summed E-state index contributed by atoms with van der Waals surface area (Å²) in [5, 5.41) is 8.25. The Hall–Kier alpha value is -2.84. The monoisotopic (exact) mass is 581 g/mol. The summed E-state index contributed by atoms with van der Waals surface area (Å²) in [6.07, 6.45) is 0. The van der Waals surface area contributed by atoms with Gasteiger partial charge in [0, 0.05) is 29.9 Å². The summed E-state index contributed by atoms with van der Waals surface area (Å²) in [6.45, 7) is 3.10. The molecule has 1 saturated carbocycles. The van der Waals surface area contributed by atoms with Gasteiger partial charge in [0.25, 0.3) is 5.91 Å². The number of rotatable bonds is 6. The quantitative estimate of drug-likeness (QED) is 0.269. The molecule has 6 nitrogen and oxygen atoms in total. The molecule has 0 bridgehead atoms. The standard InChI is InChI=1S/C26H20Cl4FN3O3/c1-12-9-17(34-25(37)22-21(26(22,29)30)14-3-8-20(31)19(27)10-14)11-18(23(12)28)24(36)33-16-6-4-15(5-7-16)32-13(2)35/h3-11,21-22H,1-2H3,(H,32,35)(H,33,36)(H,34,37)/t21-,22+/m0/s1. The number of carbonyl (C=O) groups is 3. The van der Waals surface area contributed by atoms with Crippen molar-refractivity contribution in [3.8, 4) is 0 Å². The van der Waals surface area contributed by atoms with Crippen LogP contribution in [0.15, 0.2) is 54.6 Å². The largest absolute Gasteiger partial charge is 0.326 e. The van der Waals surface area contributed by atoms with Crippen molar-refractivity contribution >= 4 is 81.2 Å². The normalized spacial score (nSPS) is 17.6. The highest BCUT2D eigenvalue weighted by Crippen LogP contribution is 2.65. The Bertz CT molecular complexity index is 1410. The lowest BCUT2D eigenvalue weighted by atomic mass is 10.1. The van der Waals surface area contributed by atoms with Gasteiger partial charge < -0.3 is 16.0 Å². The molecule has 3 N–H and O–H groups in total. The second-order valence-electron chi connectivity index (χ2n) is 8.66. The Morgan fingerprint density at radius 3 is 2.08 bits per heavy atom. The molecule has 2 atom stereocenters. The zero-order valence-corrected chi connectivity index (χ0v) is 22.5. The lowest BCUT2D eigenvalue weighted by Crippen LogP contribution is -2.18. The summed E-state index contributed by atoms with van der Waals surface area (Å²) in [4.78, 5) is 37.2. The fraction of sp³-hybridized carbons (Fsp3) is 0.192. The van der Waals surface area contributed by atoms with Crippen molar-refractivity contribution < 1.29 is 18.8 Å². The van der Waals surface area contributed by atoms with Gasteiger partial charge in [-0.15, -0.1) is 23.2 Å². The van der Waals surface area contributed by atoms with Gasteiger partial charge in [0.1, 0.15) is 10.2 Å². The van der Waals surface area contributed by atoms with Crippen LogP contribution in [0.2, 0.25) is 10.0 Å². The molecule has 0 radical (unpaired) electrons. The maximum Gasteiger partial charge on any atom is 0.257 e. The number of hydrogen-bond donors (Lipinski definition) is 3. The molecule has 0 aliphatic heterocycles. The molecule has 0 unspecified atom stereocenters. The number of nitrogens with one attached hydrogen (secondary N) is 3. The molecular weight excluding hydrogens is 563 g/mol. The Morgan fingerprint density at radius 2 is 1.49 bits per heavy atom. The van der Waals surface area contributed by atoms with Crippen molar-refractivity contribution in [3.63, 3.8) is 0 Å². The van der Waals surface area contributed by atoms with Crippen LogP contribution in [0.3, 0.4) is 0 Å². The summed E-state index contributed by atoms with van der Waals surface area (Å²) in [7, 11) is 0. The van der Waals surface area contributed by atoms with E-state index in [-0.39, 0.29) is 21.5 Å². The number of anilines is 3. The van der Waals surface area contributed by atoms with Gasteiger partial charge in [-0.05, 0) is 66.6 Å². The molecule has 4 rings (SSSR count). The lowest BCUT2D eigenvalue weighted by molar-refractivity contribution is -0.117. The Morgan fingerprint density at radius 1 is 0.865 bits per heavy atom. The SMILES string of the molecule is CC(=O)Nc1ccc(NC(=O)c2cc(NC(=O)[C@H]3[C@H](c4ccc(F)c(Cl)c4)C3(Cl)Cl)cc(C)c2Cl)cc1. The third kappa shape index (κ3) is 5.85. The van der Waals surface area contributed by atoms with E-state index in [4.69, 9.17) is 46.4 Å². The molecule has 0 heterocycles. The highest BCUT2D eigenvalue weighted by Gasteiger charge is 2.67. The van der Waals surface area contributed by atoms with Crippen LogP contribution in [0.1, 0.15) is 34.3 Å². The molecule has 0 saturated heterocycles. The van der Waals surface area contributed by atoms with Crippen molar-refractivity contribution in [2.24, 2.45) is 5.92 Å². The van der Waals surface area contributed by atoms with E-state index < -0.39 is 33.8 Å². The number of benzene rings is 3. The molecular formula is C26H20Cl4FN3O3. The fourth-order valence-electron chi connectivity index (χ4n) is 4.04. The number of alkyl halides is 2. The smallest absolute Gasteiger partial charge is 0.257 e. The first-order chi connectivity index (χ1) is 17.4. The topological polar surface area (TPSA) is 87.3 Å². The van der Waals surface area contributed by atoms with Crippen molar-refractivity contribution in [2.45, 2.75) is 24.1 Å². The van der Waals surface area contributed by atoms with E-state index in [0.717, 1.165) is 0 Å².